The van der Waals surface area contributed by atoms with Crippen molar-refractivity contribution in [2.24, 2.45) is 0 Å². The second-order valence-electron chi connectivity index (χ2n) is 5.49. The first-order chi connectivity index (χ1) is 11.1. The first kappa shape index (κ1) is 17.1. The quantitative estimate of drug-likeness (QED) is 0.830. The minimum absolute atomic E-state index is 0.0941. The molecular weight excluding hydrogens is 296 g/mol. The average molecular weight is 320 g/mol. The minimum Gasteiger partial charge on any atom is -0.497 e. The Kier molecular flexibility index (Phi) is 5.84. The molecule has 1 saturated heterocycles. The van der Waals surface area contributed by atoms with Gasteiger partial charge in [-0.2, -0.15) is 0 Å². The van der Waals surface area contributed by atoms with Crippen LogP contribution in [0.1, 0.15) is 30.1 Å². The third kappa shape index (κ3) is 3.94. The van der Waals surface area contributed by atoms with E-state index in [1.54, 1.807) is 37.3 Å². The molecule has 1 fully saturated rings. The Labute approximate surface area is 137 Å². The Bertz CT molecular complexity index is 566. The summed E-state index contributed by atoms with van der Waals surface area (Å²) in [6.45, 7) is 4.23. The van der Waals surface area contributed by atoms with Gasteiger partial charge in [0, 0.05) is 32.6 Å². The maximum absolute atomic E-state index is 12.7. The molecule has 0 bridgehead atoms. The molecule has 1 heterocycles. The van der Waals surface area contributed by atoms with E-state index >= 15 is 0 Å². The molecule has 0 atom stereocenters. The van der Waals surface area contributed by atoms with Gasteiger partial charge < -0.3 is 19.3 Å². The first-order valence-electron chi connectivity index (χ1n) is 7.89. The summed E-state index contributed by atoms with van der Waals surface area (Å²) in [5, 5.41) is 0. The van der Waals surface area contributed by atoms with E-state index < -0.39 is 0 Å². The van der Waals surface area contributed by atoms with Crippen molar-refractivity contribution in [3.05, 3.63) is 23.8 Å². The monoisotopic (exact) mass is 320 g/mol. The second kappa shape index (κ2) is 7.85. The standard InChI is InChI=1S/C17H24N2O4/c1-4-5-16(20)18-8-10-19(11-9-18)17(21)14-12-13(22-2)6-7-15(14)23-3/h6-7,12H,4-5,8-11H2,1-3H3. The van der Waals surface area contributed by atoms with Gasteiger partial charge in [-0.05, 0) is 24.6 Å². The number of amides is 2. The van der Waals surface area contributed by atoms with Gasteiger partial charge in [-0.25, -0.2) is 0 Å². The van der Waals surface area contributed by atoms with Gasteiger partial charge in [0.25, 0.3) is 5.91 Å². The molecule has 0 aromatic heterocycles. The molecule has 2 amide bonds. The van der Waals surface area contributed by atoms with Gasteiger partial charge in [0.2, 0.25) is 5.91 Å². The number of carbonyl (C=O) groups is 2. The van der Waals surface area contributed by atoms with Crippen LogP contribution in [0.5, 0.6) is 11.5 Å². The van der Waals surface area contributed by atoms with E-state index in [4.69, 9.17) is 9.47 Å². The average Bonchev–Trinajstić information content (AvgIpc) is 2.60. The normalized spacial score (nSPS) is 14.6. The lowest BCUT2D eigenvalue weighted by Gasteiger charge is -2.35. The first-order valence-corrected chi connectivity index (χ1v) is 7.89. The van der Waals surface area contributed by atoms with E-state index in [0.29, 0.717) is 49.7 Å². The number of benzene rings is 1. The molecule has 0 aliphatic carbocycles. The molecule has 1 aromatic carbocycles. The number of hydrogen-bond acceptors (Lipinski definition) is 4. The van der Waals surface area contributed by atoms with Gasteiger partial charge in [-0.15, -0.1) is 0 Å². The Morgan fingerprint density at radius 3 is 2.26 bits per heavy atom. The third-order valence-corrected chi connectivity index (χ3v) is 4.02. The molecular formula is C17H24N2O4. The predicted molar refractivity (Wildman–Crippen MR) is 86.9 cm³/mol. The highest BCUT2D eigenvalue weighted by Gasteiger charge is 2.26. The SMILES string of the molecule is CCCC(=O)N1CCN(C(=O)c2cc(OC)ccc2OC)CC1. The van der Waals surface area contributed by atoms with Gasteiger partial charge >= 0.3 is 0 Å². The van der Waals surface area contributed by atoms with Crippen molar-refractivity contribution in [2.75, 3.05) is 40.4 Å². The van der Waals surface area contributed by atoms with Crippen LogP contribution in [0.15, 0.2) is 18.2 Å². The summed E-state index contributed by atoms with van der Waals surface area (Å²) in [6.07, 6.45) is 1.41. The highest BCUT2D eigenvalue weighted by molar-refractivity contribution is 5.97. The van der Waals surface area contributed by atoms with Crippen LogP contribution < -0.4 is 9.47 Å². The zero-order valence-corrected chi connectivity index (χ0v) is 14.0. The maximum Gasteiger partial charge on any atom is 0.257 e. The largest absolute Gasteiger partial charge is 0.497 e. The zero-order chi connectivity index (χ0) is 16.8. The Hall–Kier alpha value is -2.24. The van der Waals surface area contributed by atoms with Crippen molar-refractivity contribution in [3.63, 3.8) is 0 Å². The topological polar surface area (TPSA) is 59.1 Å². The predicted octanol–water partition coefficient (Wildman–Crippen LogP) is 1.79. The van der Waals surface area contributed by atoms with Crippen LogP contribution in [0.25, 0.3) is 0 Å². The Morgan fingerprint density at radius 2 is 1.70 bits per heavy atom. The van der Waals surface area contributed by atoms with Gasteiger partial charge in [0.05, 0.1) is 19.8 Å². The lowest BCUT2D eigenvalue weighted by Crippen LogP contribution is -2.50. The highest BCUT2D eigenvalue weighted by Crippen LogP contribution is 2.25. The molecule has 0 unspecified atom stereocenters. The number of methoxy groups -OCH3 is 2. The summed E-state index contributed by atoms with van der Waals surface area (Å²) >= 11 is 0. The minimum atomic E-state index is -0.0941. The van der Waals surface area contributed by atoms with E-state index in [9.17, 15) is 9.59 Å². The molecule has 1 aliphatic rings. The van der Waals surface area contributed by atoms with Crippen molar-refractivity contribution in [3.8, 4) is 11.5 Å². The molecule has 1 aliphatic heterocycles. The molecule has 126 valence electrons. The van der Waals surface area contributed by atoms with Crippen LogP contribution in [0, 0.1) is 0 Å². The van der Waals surface area contributed by atoms with Crippen LogP contribution >= 0.6 is 0 Å². The van der Waals surface area contributed by atoms with Crippen molar-refractivity contribution >= 4 is 11.8 Å². The maximum atomic E-state index is 12.7. The van der Waals surface area contributed by atoms with Crippen LogP contribution in [0.2, 0.25) is 0 Å². The van der Waals surface area contributed by atoms with Gasteiger partial charge in [0.15, 0.2) is 0 Å². The molecule has 6 nitrogen and oxygen atoms in total. The summed E-state index contributed by atoms with van der Waals surface area (Å²) in [5.41, 5.74) is 0.486. The zero-order valence-electron chi connectivity index (χ0n) is 14.0. The second-order valence-corrected chi connectivity index (χ2v) is 5.49. The molecule has 1 aromatic rings. The Morgan fingerprint density at radius 1 is 1.04 bits per heavy atom. The number of ether oxygens (including phenoxy) is 2. The number of carbonyl (C=O) groups excluding carboxylic acids is 2. The highest BCUT2D eigenvalue weighted by atomic mass is 16.5. The summed E-state index contributed by atoms with van der Waals surface area (Å²) < 4.78 is 10.5. The van der Waals surface area contributed by atoms with E-state index in [1.807, 2.05) is 11.8 Å². The fourth-order valence-electron chi connectivity index (χ4n) is 2.68. The van der Waals surface area contributed by atoms with Gasteiger partial charge in [-0.3, -0.25) is 9.59 Å². The van der Waals surface area contributed by atoms with Gasteiger partial charge in [-0.1, -0.05) is 6.92 Å². The van der Waals surface area contributed by atoms with E-state index in [2.05, 4.69) is 0 Å². The van der Waals surface area contributed by atoms with E-state index in [-0.39, 0.29) is 11.8 Å². The fourth-order valence-corrected chi connectivity index (χ4v) is 2.68. The summed E-state index contributed by atoms with van der Waals surface area (Å²) in [6, 6.07) is 5.18. The van der Waals surface area contributed by atoms with Crippen LogP contribution in [0.4, 0.5) is 0 Å². The van der Waals surface area contributed by atoms with Crippen molar-refractivity contribution < 1.29 is 19.1 Å². The summed E-state index contributed by atoms with van der Waals surface area (Å²) in [5.74, 6) is 1.22. The Balaban J connectivity index is 2.06. The molecule has 2 rings (SSSR count). The van der Waals surface area contributed by atoms with Crippen LogP contribution in [-0.4, -0.2) is 62.0 Å². The third-order valence-electron chi connectivity index (χ3n) is 4.02. The molecule has 0 radical (unpaired) electrons. The number of piperazine rings is 1. The van der Waals surface area contributed by atoms with Crippen molar-refractivity contribution in [1.29, 1.82) is 0 Å². The van der Waals surface area contributed by atoms with Crippen molar-refractivity contribution in [1.82, 2.24) is 9.80 Å². The fraction of sp³-hybridized carbons (Fsp3) is 0.529. The smallest absolute Gasteiger partial charge is 0.257 e. The lowest BCUT2D eigenvalue weighted by molar-refractivity contribution is -0.132. The van der Waals surface area contributed by atoms with Crippen LogP contribution in [-0.2, 0) is 4.79 Å². The van der Waals surface area contributed by atoms with E-state index in [1.165, 1.54) is 0 Å². The van der Waals surface area contributed by atoms with E-state index in [0.717, 1.165) is 6.42 Å². The van der Waals surface area contributed by atoms with Crippen molar-refractivity contribution in [2.45, 2.75) is 19.8 Å². The number of nitrogens with zero attached hydrogens (tertiary/aromatic N) is 2. The summed E-state index contributed by atoms with van der Waals surface area (Å²) in [4.78, 5) is 28.2. The molecule has 0 saturated carbocycles. The summed E-state index contributed by atoms with van der Waals surface area (Å²) in [7, 11) is 3.11. The molecule has 0 spiro atoms. The van der Waals surface area contributed by atoms with Gasteiger partial charge in [0.1, 0.15) is 11.5 Å². The molecule has 0 N–H and O–H groups in total. The molecule has 23 heavy (non-hydrogen) atoms. The van der Waals surface area contributed by atoms with Crippen LogP contribution in [0.3, 0.4) is 0 Å². The number of hydrogen-bond donors (Lipinski definition) is 0. The lowest BCUT2D eigenvalue weighted by atomic mass is 10.1. The number of rotatable bonds is 5. The molecule has 6 heteroatoms.